The van der Waals surface area contributed by atoms with Gasteiger partial charge < -0.3 is 9.15 Å². The van der Waals surface area contributed by atoms with Gasteiger partial charge in [0.2, 0.25) is 0 Å². The molecule has 0 bridgehead atoms. The minimum absolute atomic E-state index is 0.180. The molecule has 4 nitrogen and oxygen atoms in total. The molecule has 0 saturated heterocycles. The van der Waals surface area contributed by atoms with Gasteiger partial charge in [0.15, 0.2) is 5.72 Å². The van der Waals surface area contributed by atoms with Gasteiger partial charge in [0.1, 0.15) is 17.2 Å². The van der Waals surface area contributed by atoms with Gasteiger partial charge in [-0.25, -0.2) is 5.01 Å². The maximum Gasteiger partial charge on any atom is 0.198 e. The third kappa shape index (κ3) is 2.90. The molecule has 0 amide bonds. The first-order valence-corrected chi connectivity index (χ1v) is 11.5. The maximum absolute atomic E-state index is 6.75. The van der Waals surface area contributed by atoms with Crippen molar-refractivity contribution in [2.24, 2.45) is 5.10 Å². The number of halogens is 1. The first-order valence-electron chi connectivity index (χ1n) is 10.7. The van der Waals surface area contributed by atoms with E-state index in [0.29, 0.717) is 5.92 Å². The molecule has 1 fully saturated rings. The van der Waals surface area contributed by atoms with Crippen LogP contribution in [-0.4, -0.2) is 16.4 Å². The molecule has 2 aromatic carbocycles. The van der Waals surface area contributed by atoms with Crippen LogP contribution in [0.15, 0.2) is 80.9 Å². The average molecular weight is 463 g/mol. The molecule has 1 spiro atoms. The van der Waals surface area contributed by atoms with Gasteiger partial charge in [-0.15, -0.1) is 0 Å². The van der Waals surface area contributed by atoms with Crippen molar-refractivity contribution in [3.8, 4) is 5.75 Å². The highest BCUT2D eigenvalue weighted by atomic mass is 79.9. The molecule has 152 valence electrons. The molecule has 1 aromatic heterocycles. The summed E-state index contributed by atoms with van der Waals surface area (Å²) in [7, 11) is 0. The Hall–Kier alpha value is -2.53. The van der Waals surface area contributed by atoms with Gasteiger partial charge in [-0.1, -0.05) is 46.3 Å². The van der Waals surface area contributed by atoms with Gasteiger partial charge in [0.25, 0.3) is 0 Å². The van der Waals surface area contributed by atoms with E-state index in [4.69, 9.17) is 14.3 Å². The van der Waals surface area contributed by atoms with Gasteiger partial charge in [-0.3, -0.25) is 0 Å². The Morgan fingerprint density at radius 3 is 2.60 bits per heavy atom. The molecule has 3 aromatic rings. The highest BCUT2D eigenvalue weighted by Crippen LogP contribution is 2.53. The molecule has 30 heavy (non-hydrogen) atoms. The molecule has 1 saturated carbocycles. The standard InChI is InChI=1S/C25H23BrN2O2/c26-19-8-9-23-20(15-19)22-16-21(24-7-4-14-29-24)27-28(22)25(30-23)12-10-18(11-13-25)17-5-2-1-3-6-17/h1-9,14-15,18,22H,10-13,16H2/t18?,22-,25?/m1/s1. The fraction of sp³-hybridized carbons (Fsp3) is 0.320. The van der Waals surface area contributed by atoms with Crippen molar-refractivity contribution >= 4 is 21.6 Å². The molecular weight excluding hydrogens is 440 g/mol. The summed E-state index contributed by atoms with van der Waals surface area (Å²) >= 11 is 3.63. The van der Waals surface area contributed by atoms with Crippen LogP contribution in [0.3, 0.4) is 0 Å². The van der Waals surface area contributed by atoms with Crippen molar-refractivity contribution in [1.82, 2.24) is 5.01 Å². The number of ether oxygens (including phenoxy) is 1. The highest BCUT2D eigenvalue weighted by Gasteiger charge is 2.52. The largest absolute Gasteiger partial charge is 0.466 e. The van der Waals surface area contributed by atoms with E-state index in [1.54, 1.807) is 6.26 Å². The molecule has 6 rings (SSSR count). The lowest BCUT2D eigenvalue weighted by Gasteiger charge is -2.50. The lowest BCUT2D eigenvalue weighted by atomic mass is 9.78. The molecule has 5 heteroatoms. The Morgan fingerprint density at radius 2 is 1.83 bits per heavy atom. The predicted octanol–water partition coefficient (Wildman–Crippen LogP) is 6.64. The van der Waals surface area contributed by atoms with Crippen LogP contribution in [0.25, 0.3) is 0 Å². The van der Waals surface area contributed by atoms with E-state index in [1.165, 1.54) is 11.1 Å². The van der Waals surface area contributed by atoms with Crippen molar-refractivity contribution in [1.29, 1.82) is 0 Å². The van der Waals surface area contributed by atoms with E-state index in [-0.39, 0.29) is 11.8 Å². The zero-order valence-electron chi connectivity index (χ0n) is 16.6. The molecule has 2 aliphatic heterocycles. The monoisotopic (exact) mass is 462 g/mol. The molecule has 0 radical (unpaired) electrons. The van der Waals surface area contributed by atoms with E-state index in [9.17, 15) is 0 Å². The second-order valence-electron chi connectivity index (χ2n) is 8.50. The zero-order chi connectivity index (χ0) is 20.1. The minimum Gasteiger partial charge on any atom is -0.466 e. The molecule has 1 aliphatic carbocycles. The first-order chi connectivity index (χ1) is 14.7. The summed E-state index contributed by atoms with van der Waals surface area (Å²) in [4.78, 5) is 0. The fourth-order valence-electron chi connectivity index (χ4n) is 5.30. The van der Waals surface area contributed by atoms with Crippen molar-refractivity contribution < 1.29 is 9.15 Å². The van der Waals surface area contributed by atoms with Crippen LogP contribution in [-0.2, 0) is 0 Å². The van der Waals surface area contributed by atoms with E-state index in [0.717, 1.165) is 53.8 Å². The Morgan fingerprint density at radius 1 is 1.00 bits per heavy atom. The second kappa shape index (κ2) is 7.02. The van der Waals surface area contributed by atoms with Crippen molar-refractivity contribution in [2.75, 3.05) is 0 Å². The predicted molar refractivity (Wildman–Crippen MR) is 120 cm³/mol. The first kappa shape index (κ1) is 18.3. The van der Waals surface area contributed by atoms with Crippen molar-refractivity contribution in [2.45, 2.75) is 49.8 Å². The maximum atomic E-state index is 6.75. The smallest absolute Gasteiger partial charge is 0.198 e. The van der Waals surface area contributed by atoms with E-state index >= 15 is 0 Å². The molecule has 3 heterocycles. The lowest BCUT2D eigenvalue weighted by Crippen LogP contribution is -2.55. The summed E-state index contributed by atoms with van der Waals surface area (Å²) < 4.78 is 13.5. The summed E-state index contributed by atoms with van der Waals surface area (Å²) in [5.74, 6) is 2.43. The summed E-state index contributed by atoms with van der Waals surface area (Å²) in [5, 5.41) is 7.32. The molecule has 3 aliphatic rings. The highest BCUT2D eigenvalue weighted by molar-refractivity contribution is 9.10. The quantitative estimate of drug-likeness (QED) is 0.428. The average Bonchev–Trinajstić information content (AvgIpc) is 3.46. The normalized spacial score (nSPS) is 27.4. The van der Waals surface area contributed by atoms with Gasteiger partial charge in [-0.05, 0) is 54.7 Å². The van der Waals surface area contributed by atoms with Crippen LogP contribution in [0.5, 0.6) is 5.75 Å². The Bertz CT molecular complexity index is 1090. The number of furan rings is 1. The summed E-state index contributed by atoms with van der Waals surface area (Å²) in [6.07, 6.45) is 6.69. The summed E-state index contributed by atoms with van der Waals surface area (Å²) in [6, 6.07) is 21.3. The second-order valence-corrected chi connectivity index (χ2v) is 9.42. The minimum atomic E-state index is -0.384. The fourth-order valence-corrected chi connectivity index (χ4v) is 5.68. The van der Waals surface area contributed by atoms with Gasteiger partial charge in [0.05, 0.1) is 12.3 Å². The SMILES string of the molecule is Brc1ccc2c(c1)[C@H]1CC(c3ccco3)=NN1C1(CCC(c3ccccc3)CC1)O2. The van der Waals surface area contributed by atoms with Crippen molar-refractivity contribution in [3.05, 3.63) is 88.3 Å². The number of rotatable bonds is 2. The van der Waals surface area contributed by atoms with Crippen LogP contribution in [0.2, 0.25) is 0 Å². The van der Waals surface area contributed by atoms with Gasteiger partial charge in [0, 0.05) is 29.3 Å². The molecule has 0 N–H and O–H groups in total. The Kier molecular flexibility index (Phi) is 4.27. The van der Waals surface area contributed by atoms with Crippen molar-refractivity contribution in [3.63, 3.8) is 0 Å². The van der Waals surface area contributed by atoms with E-state index in [2.05, 4.69) is 69.5 Å². The summed E-state index contributed by atoms with van der Waals surface area (Å²) in [5.41, 5.74) is 3.26. The zero-order valence-corrected chi connectivity index (χ0v) is 18.2. The number of hydrogen-bond donors (Lipinski definition) is 0. The van der Waals surface area contributed by atoms with E-state index in [1.807, 2.05) is 12.1 Å². The summed E-state index contributed by atoms with van der Waals surface area (Å²) in [6.45, 7) is 0. The Labute approximate surface area is 184 Å². The molecule has 0 unspecified atom stereocenters. The van der Waals surface area contributed by atoms with Crippen LogP contribution < -0.4 is 4.74 Å². The number of nitrogens with zero attached hydrogens (tertiary/aromatic N) is 2. The van der Waals surface area contributed by atoms with Crippen LogP contribution in [0, 0.1) is 0 Å². The third-order valence-corrected chi connectivity index (χ3v) is 7.30. The van der Waals surface area contributed by atoms with Crippen LogP contribution >= 0.6 is 15.9 Å². The topological polar surface area (TPSA) is 38.0 Å². The number of hydrogen-bond acceptors (Lipinski definition) is 4. The third-order valence-electron chi connectivity index (χ3n) is 6.80. The number of hydrazone groups is 1. The van der Waals surface area contributed by atoms with Crippen LogP contribution in [0.1, 0.15) is 61.0 Å². The molecule has 1 atom stereocenters. The van der Waals surface area contributed by atoms with Gasteiger partial charge >= 0.3 is 0 Å². The van der Waals surface area contributed by atoms with Gasteiger partial charge in [-0.2, -0.15) is 5.10 Å². The van der Waals surface area contributed by atoms with Crippen LogP contribution in [0.4, 0.5) is 0 Å². The number of benzene rings is 2. The lowest BCUT2D eigenvalue weighted by molar-refractivity contribution is -0.142. The number of fused-ring (bicyclic) bond motifs is 4. The van der Waals surface area contributed by atoms with E-state index < -0.39 is 0 Å². The Balaban J connectivity index is 1.36. The molecular formula is C25H23BrN2O2.